The fourth-order valence-corrected chi connectivity index (χ4v) is 8.31. The highest BCUT2D eigenvalue weighted by molar-refractivity contribution is 5.71. The highest BCUT2D eigenvalue weighted by atomic mass is 16.6. The summed E-state index contributed by atoms with van der Waals surface area (Å²) in [7, 11) is 0. The average Bonchev–Trinajstić information content (AvgIpc) is 3.41. The highest BCUT2D eigenvalue weighted by Crippen LogP contribution is 2.15. The van der Waals surface area contributed by atoms with E-state index in [1.54, 1.807) is 0 Å². The fraction of sp³-hybridized carbons (Fsp3) is 0.667. The summed E-state index contributed by atoms with van der Waals surface area (Å²) >= 11 is 0. The second-order valence-corrected chi connectivity index (χ2v) is 20.2. The molecule has 426 valence electrons. The van der Waals surface area contributed by atoms with Crippen LogP contribution in [0.2, 0.25) is 0 Å². The van der Waals surface area contributed by atoms with Gasteiger partial charge in [0.1, 0.15) is 13.2 Å². The van der Waals surface area contributed by atoms with E-state index in [2.05, 4.69) is 142 Å². The van der Waals surface area contributed by atoms with E-state index in [4.69, 9.17) is 14.2 Å². The molecule has 0 aliphatic carbocycles. The zero-order valence-corrected chi connectivity index (χ0v) is 48.8. The monoisotopic (exact) mass is 1040 g/mol. The number of unbranched alkanes of at least 4 members (excludes halogenated alkanes) is 24. The van der Waals surface area contributed by atoms with Crippen LogP contribution in [0, 0.1) is 0 Å². The molecule has 6 nitrogen and oxygen atoms in total. The second kappa shape index (κ2) is 62.4. The standard InChI is InChI=1S/C69H114O6/c1-4-7-10-13-16-18-20-22-24-26-27-28-29-30-31-32-33-34-35-36-37-38-39-40-41-43-44-46-48-50-53-56-59-62-68(71)74-65-66(64-73-67(70)61-58-55-52-15-12-9-6-3)75-69(72)63-60-57-54-51-49-47-45-42-25-23-21-19-17-14-11-8-5-2/h7,10,16-19,22-25,27-28,30-31,33-34,36-37,39-40,66H,4-6,8-9,11-15,20-21,26,29,32,35,38,41-65H2,1-3H3/b10-7-,18-16-,19-17-,24-22-,25-23-,28-27-,31-30-,34-33-,37-36-,40-39-. The predicted molar refractivity (Wildman–Crippen MR) is 325 cm³/mol. The van der Waals surface area contributed by atoms with Crippen LogP contribution in [0.25, 0.3) is 0 Å². The zero-order chi connectivity index (χ0) is 54.3. The summed E-state index contributed by atoms with van der Waals surface area (Å²) in [6, 6.07) is 0. The lowest BCUT2D eigenvalue weighted by atomic mass is 10.1. The minimum Gasteiger partial charge on any atom is -0.462 e. The van der Waals surface area contributed by atoms with E-state index in [9.17, 15) is 14.4 Å². The van der Waals surface area contributed by atoms with Gasteiger partial charge in [-0.25, -0.2) is 0 Å². The van der Waals surface area contributed by atoms with Crippen LogP contribution in [0.3, 0.4) is 0 Å². The first-order valence-corrected chi connectivity index (χ1v) is 31.0. The Morgan fingerprint density at radius 1 is 0.280 bits per heavy atom. The molecule has 0 N–H and O–H groups in total. The van der Waals surface area contributed by atoms with Gasteiger partial charge in [0.25, 0.3) is 0 Å². The van der Waals surface area contributed by atoms with Gasteiger partial charge in [-0.15, -0.1) is 0 Å². The Bertz CT molecular complexity index is 1570. The number of rotatable bonds is 55. The van der Waals surface area contributed by atoms with E-state index >= 15 is 0 Å². The third-order valence-corrected chi connectivity index (χ3v) is 13.0. The molecule has 0 aromatic carbocycles. The van der Waals surface area contributed by atoms with Crippen LogP contribution >= 0.6 is 0 Å². The molecular formula is C69H114O6. The van der Waals surface area contributed by atoms with Gasteiger partial charge in [-0.1, -0.05) is 264 Å². The van der Waals surface area contributed by atoms with Gasteiger partial charge in [0.05, 0.1) is 0 Å². The summed E-state index contributed by atoms with van der Waals surface area (Å²) in [6.45, 7) is 6.45. The van der Waals surface area contributed by atoms with Crippen molar-refractivity contribution in [2.75, 3.05) is 13.2 Å². The maximum absolute atomic E-state index is 12.8. The van der Waals surface area contributed by atoms with Crippen LogP contribution in [-0.4, -0.2) is 37.2 Å². The van der Waals surface area contributed by atoms with Crippen molar-refractivity contribution in [1.29, 1.82) is 0 Å². The number of ether oxygens (including phenoxy) is 3. The molecule has 0 aliphatic rings. The average molecular weight is 1040 g/mol. The van der Waals surface area contributed by atoms with Crippen molar-refractivity contribution in [1.82, 2.24) is 0 Å². The van der Waals surface area contributed by atoms with E-state index in [-0.39, 0.29) is 31.1 Å². The van der Waals surface area contributed by atoms with Gasteiger partial charge in [0.2, 0.25) is 0 Å². The molecule has 0 bridgehead atoms. The zero-order valence-electron chi connectivity index (χ0n) is 48.8. The first kappa shape index (κ1) is 70.8. The molecule has 1 unspecified atom stereocenters. The van der Waals surface area contributed by atoms with E-state index in [0.717, 1.165) is 128 Å². The molecule has 1 atom stereocenters. The lowest BCUT2D eigenvalue weighted by Crippen LogP contribution is -2.30. The summed E-state index contributed by atoms with van der Waals surface area (Å²) < 4.78 is 16.8. The van der Waals surface area contributed by atoms with E-state index in [1.807, 2.05) is 0 Å². The molecule has 6 heteroatoms. The van der Waals surface area contributed by atoms with Crippen LogP contribution in [0.4, 0.5) is 0 Å². The SMILES string of the molecule is CC/C=C\C/C=C\C/C=C\C/C=C\C/C=C\C/C=C\C/C=C\C/C=C\CCCCCCCCCCC(=O)OCC(COC(=O)CCCCCCCCC)OC(=O)CCCCCCCCC/C=C\C/C=C\CCCCC. The van der Waals surface area contributed by atoms with Crippen molar-refractivity contribution < 1.29 is 28.6 Å². The van der Waals surface area contributed by atoms with Crippen LogP contribution in [0.15, 0.2) is 122 Å². The van der Waals surface area contributed by atoms with Gasteiger partial charge in [0, 0.05) is 19.3 Å². The van der Waals surface area contributed by atoms with Crippen LogP contribution < -0.4 is 0 Å². The maximum Gasteiger partial charge on any atom is 0.306 e. The molecule has 0 spiro atoms. The molecule has 0 aromatic heterocycles. The van der Waals surface area contributed by atoms with Gasteiger partial charge >= 0.3 is 17.9 Å². The minimum atomic E-state index is -0.785. The van der Waals surface area contributed by atoms with Gasteiger partial charge in [0.15, 0.2) is 6.10 Å². The van der Waals surface area contributed by atoms with Crippen molar-refractivity contribution in [3.8, 4) is 0 Å². The Morgan fingerprint density at radius 3 is 0.840 bits per heavy atom. The summed E-state index contributed by atoms with van der Waals surface area (Å²) in [4.78, 5) is 38.0. The maximum atomic E-state index is 12.8. The lowest BCUT2D eigenvalue weighted by molar-refractivity contribution is -0.167. The molecule has 0 heterocycles. The van der Waals surface area contributed by atoms with E-state index < -0.39 is 6.10 Å². The number of carbonyl (C=O) groups is 3. The molecule has 0 radical (unpaired) electrons. The molecule has 0 aromatic rings. The van der Waals surface area contributed by atoms with Gasteiger partial charge in [-0.2, -0.15) is 0 Å². The van der Waals surface area contributed by atoms with Gasteiger partial charge in [-0.05, 0) is 116 Å². The fourth-order valence-electron chi connectivity index (χ4n) is 8.31. The number of esters is 3. The van der Waals surface area contributed by atoms with Crippen molar-refractivity contribution >= 4 is 17.9 Å². The molecule has 0 saturated carbocycles. The predicted octanol–water partition coefficient (Wildman–Crippen LogP) is 21.2. The number of allylic oxidation sites excluding steroid dienone is 20. The molecule has 0 rings (SSSR count). The number of carbonyl (C=O) groups excluding carboxylic acids is 3. The van der Waals surface area contributed by atoms with Gasteiger partial charge in [-0.3, -0.25) is 14.4 Å². The van der Waals surface area contributed by atoms with Crippen molar-refractivity contribution in [2.45, 2.75) is 284 Å². The van der Waals surface area contributed by atoms with Gasteiger partial charge < -0.3 is 14.2 Å². The van der Waals surface area contributed by atoms with Crippen LogP contribution in [-0.2, 0) is 28.6 Å². The first-order valence-electron chi connectivity index (χ1n) is 31.0. The van der Waals surface area contributed by atoms with Crippen molar-refractivity contribution in [3.05, 3.63) is 122 Å². The molecule has 0 saturated heterocycles. The third kappa shape index (κ3) is 60.6. The quantitative estimate of drug-likeness (QED) is 0.0261. The topological polar surface area (TPSA) is 78.9 Å². The summed E-state index contributed by atoms with van der Waals surface area (Å²) in [6.07, 6.45) is 86.5. The minimum absolute atomic E-state index is 0.0841. The highest BCUT2D eigenvalue weighted by Gasteiger charge is 2.19. The first-order chi connectivity index (χ1) is 37.0. The summed E-state index contributed by atoms with van der Waals surface area (Å²) in [5, 5.41) is 0. The van der Waals surface area contributed by atoms with Crippen LogP contribution in [0.5, 0.6) is 0 Å². The Labute approximate surface area is 462 Å². The molecule has 0 fully saturated rings. The second-order valence-electron chi connectivity index (χ2n) is 20.2. The summed E-state index contributed by atoms with van der Waals surface area (Å²) in [5.41, 5.74) is 0. The lowest BCUT2D eigenvalue weighted by Gasteiger charge is -2.18. The number of hydrogen-bond donors (Lipinski definition) is 0. The Balaban J connectivity index is 4.16. The molecule has 75 heavy (non-hydrogen) atoms. The normalized spacial score (nSPS) is 12.9. The Kier molecular flexibility index (Phi) is 58.9. The smallest absolute Gasteiger partial charge is 0.306 e. The molecular weight excluding hydrogens is 925 g/mol. The Morgan fingerprint density at radius 2 is 0.520 bits per heavy atom. The number of hydrogen-bond acceptors (Lipinski definition) is 6. The largest absolute Gasteiger partial charge is 0.462 e. The van der Waals surface area contributed by atoms with E-state index in [1.165, 1.54) is 109 Å². The van der Waals surface area contributed by atoms with Crippen LogP contribution in [0.1, 0.15) is 278 Å². The summed E-state index contributed by atoms with van der Waals surface area (Å²) in [5.74, 6) is -0.906. The third-order valence-electron chi connectivity index (χ3n) is 13.0. The Hall–Kier alpha value is -4.19. The molecule has 0 aliphatic heterocycles. The molecule has 0 amide bonds. The van der Waals surface area contributed by atoms with Crippen molar-refractivity contribution in [2.24, 2.45) is 0 Å². The van der Waals surface area contributed by atoms with E-state index in [0.29, 0.717) is 19.3 Å². The van der Waals surface area contributed by atoms with Crippen molar-refractivity contribution in [3.63, 3.8) is 0 Å².